The van der Waals surface area contributed by atoms with Crippen LogP contribution in [0, 0.1) is 17.8 Å². The van der Waals surface area contributed by atoms with Crippen molar-refractivity contribution in [2.75, 3.05) is 6.61 Å². The number of nitrogens with one attached hydrogen (secondary N) is 1. The van der Waals surface area contributed by atoms with E-state index in [0.29, 0.717) is 17.9 Å². The Balaban J connectivity index is 0.00000241. The monoisotopic (exact) mass is 515 g/mol. The third-order valence-electron chi connectivity index (χ3n) is 7.14. The van der Waals surface area contributed by atoms with Crippen LogP contribution >= 0.6 is 11.6 Å². The van der Waals surface area contributed by atoms with Gasteiger partial charge in [-0.15, -0.1) is 0 Å². The van der Waals surface area contributed by atoms with E-state index in [4.69, 9.17) is 11.6 Å². The second-order valence-electron chi connectivity index (χ2n) is 9.37. The molecule has 5 atom stereocenters. The average molecular weight is 516 g/mol. The van der Waals surface area contributed by atoms with Crippen LogP contribution in [-0.4, -0.2) is 34.7 Å². The SMILES string of the molecule is C[C@H](NC(=O)C1CC(CO)C1C(=O)O)[C@H](Cc1ccc(Cl)cc1)c1ccc(-c2ccccc2)cc1.[H-].[Na+]. The molecule has 1 fully saturated rings. The van der Waals surface area contributed by atoms with Gasteiger partial charge in [0, 0.05) is 23.6 Å². The standard InChI is InChI=1S/C29H30ClNO4.Na.H/c1-18(31-28(33)26-16-23(17-32)27(26)29(34)35)25(15-19-7-13-24(30)14-8-19)22-11-9-21(10-12-22)20-5-3-2-4-6-20;;/h2-14,18,23,25-27,32H,15-17H2,1H3,(H,31,33)(H,34,35);;/q;+1;-1/t18-,23?,25-,26?,27?;;/m0../s1. The van der Waals surface area contributed by atoms with Gasteiger partial charge in [0.1, 0.15) is 0 Å². The average Bonchev–Trinajstić information content (AvgIpc) is 2.83. The Morgan fingerprint density at radius 2 is 1.61 bits per heavy atom. The quantitative estimate of drug-likeness (QED) is 0.382. The van der Waals surface area contributed by atoms with Gasteiger partial charge in [0.15, 0.2) is 0 Å². The maximum atomic E-state index is 13.0. The molecular formula is C29H31ClNNaO4. The zero-order valence-corrected chi connectivity index (χ0v) is 23.4. The third-order valence-corrected chi connectivity index (χ3v) is 7.39. The molecule has 184 valence electrons. The van der Waals surface area contributed by atoms with Crippen LogP contribution in [0.2, 0.25) is 5.02 Å². The van der Waals surface area contributed by atoms with Gasteiger partial charge in [-0.3, -0.25) is 9.59 Å². The number of benzene rings is 3. The van der Waals surface area contributed by atoms with Gasteiger partial charge in [-0.25, -0.2) is 0 Å². The Morgan fingerprint density at radius 3 is 2.19 bits per heavy atom. The number of hydrogen-bond donors (Lipinski definition) is 3. The number of halogens is 1. The Hall–Kier alpha value is -2.15. The molecule has 0 aliphatic heterocycles. The van der Waals surface area contributed by atoms with Gasteiger partial charge in [0.25, 0.3) is 0 Å². The van der Waals surface area contributed by atoms with E-state index < -0.39 is 17.8 Å². The number of aliphatic carboxylic acids is 1. The number of hydrogen-bond acceptors (Lipinski definition) is 3. The molecule has 1 aliphatic carbocycles. The predicted molar refractivity (Wildman–Crippen MR) is 138 cm³/mol. The van der Waals surface area contributed by atoms with Crippen molar-refractivity contribution in [1.29, 1.82) is 0 Å². The van der Waals surface area contributed by atoms with Crippen molar-refractivity contribution in [2.45, 2.75) is 31.7 Å². The van der Waals surface area contributed by atoms with E-state index in [9.17, 15) is 19.8 Å². The van der Waals surface area contributed by atoms with Crippen LogP contribution in [0.25, 0.3) is 11.1 Å². The van der Waals surface area contributed by atoms with Gasteiger partial charge in [0.2, 0.25) is 5.91 Å². The number of carboxylic acid groups (broad SMARTS) is 1. The first-order valence-corrected chi connectivity index (χ1v) is 12.3. The van der Waals surface area contributed by atoms with Crippen LogP contribution < -0.4 is 34.9 Å². The summed E-state index contributed by atoms with van der Waals surface area (Å²) in [5.41, 5.74) is 4.44. The maximum Gasteiger partial charge on any atom is 1.00 e. The number of amides is 1. The summed E-state index contributed by atoms with van der Waals surface area (Å²) >= 11 is 6.07. The van der Waals surface area contributed by atoms with Crippen molar-refractivity contribution in [1.82, 2.24) is 5.32 Å². The molecule has 1 aliphatic rings. The molecule has 0 spiro atoms. The summed E-state index contributed by atoms with van der Waals surface area (Å²) in [6.07, 6.45) is 1.08. The minimum Gasteiger partial charge on any atom is -1.00 e. The molecule has 1 amide bonds. The molecule has 3 aromatic rings. The Morgan fingerprint density at radius 1 is 1.00 bits per heavy atom. The first kappa shape index (κ1) is 28.4. The molecule has 0 aromatic heterocycles. The van der Waals surface area contributed by atoms with E-state index in [-0.39, 0.29) is 61.4 Å². The van der Waals surface area contributed by atoms with Crippen molar-refractivity contribution in [3.8, 4) is 11.1 Å². The second kappa shape index (κ2) is 12.9. The van der Waals surface area contributed by atoms with Crippen LogP contribution in [-0.2, 0) is 16.0 Å². The van der Waals surface area contributed by atoms with Gasteiger partial charge in [0.05, 0.1) is 11.8 Å². The van der Waals surface area contributed by atoms with Crippen LogP contribution in [0.3, 0.4) is 0 Å². The molecule has 3 aromatic carbocycles. The van der Waals surface area contributed by atoms with Gasteiger partial charge in [-0.1, -0.05) is 78.3 Å². The molecule has 3 N–H and O–H groups in total. The molecule has 0 heterocycles. The van der Waals surface area contributed by atoms with Gasteiger partial charge >= 0.3 is 35.5 Å². The van der Waals surface area contributed by atoms with Crippen molar-refractivity contribution >= 4 is 23.5 Å². The van der Waals surface area contributed by atoms with Gasteiger partial charge < -0.3 is 17.0 Å². The normalized spacial score (nSPS) is 20.4. The summed E-state index contributed by atoms with van der Waals surface area (Å²) < 4.78 is 0. The largest absolute Gasteiger partial charge is 1.00 e. The summed E-state index contributed by atoms with van der Waals surface area (Å²) in [7, 11) is 0. The summed E-state index contributed by atoms with van der Waals surface area (Å²) in [4.78, 5) is 24.6. The molecule has 0 radical (unpaired) electrons. The molecule has 1 saturated carbocycles. The zero-order chi connectivity index (χ0) is 24.9. The topological polar surface area (TPSA) is 86.6 Å². The minimum absolute atomic E-state index is 0. The van der Waals surface area contributed by atoms with Gasteiger partial charge in [-0.2, -0.15) is 0 Å². The van der Waals surface area contributed by atoms with Crippen LogP contribution in [0.5, 0.6) is 0 Å². The number of aliphatic hydroxyl groups is 1. The molecule has 36 heavy (non-hydrogen) atoms. The maximum absolute atomic E-state index is 13.0. The van der Waals surface area contributed by atoms with Crippen molar-refractivity contribution in [3.05, 3.63) is 95.0 Å². The van der Waals surface area contributed by atoms with E-state index >= 15 is 0 Å². The van der Waals surface area contributed by atoms with Crippen molar-refractivity contribution < 1.29 is 50.8 Å². The molecular weight excluding hydrogens is 485 g/mol. The molecule has 4 rings (SSSR count). The van der Waals surface area contributed by atoms with Crippen molar-refractivity contribution in [3.63, 3.8) is 0 Å². The summed E-state index contributed by atoms with van der Waals surface area (Å²) in [6, 6.07) is 26.0. The third kappa shape index (κ3) is 6.58. The number of carbonyl (C=O) groups is 2. The zero-order valence-electron chi connectivity index (χ0n) is 21.6. The fourth-order valence-electron chi connectivity index (χ4n) is 5.03. The van der Waals surface area contributed by atoms with E-state index in [1.165, 1.54) is 0 Å². The fraction of sp³-hybridized carbons (Fsp3) is 0.310. The number of rotatable bonds is 9. The van der Waals surface area contributed by atoms with Gasteiger partial charge in [-0.05, 0) is 60.1 Å². The smallest absolute Gasteiger partial charge is 1.00 e. The first-order valence-electron chi connectivity index (χ1n) is 11.9. The summed E-state index contributed by atoms with van der Waals surface area (Å²) in [5, 5.41) is 22.7. The van der Waals surface area contributed by atoms with Crippen LogP contribution in [0.1, 0.15) is 31.8 Å². The molecule has 0 saturated heterocycles. The second-order valence-corrected chi connectivity index (χ2v) is 9.81. The summed E-state index contributed by atoms with van der Waals surface area (Å²) in [6.45, 7) is 1.74. The van der Waals surface area contributed by atoms with E-state index in [2.05, 4.69) is 41.7 Å². The van der Waals surface area contributed by atoms with E-state index in [0.717, 1.165) is 22.3 Å². The number of carboxylic acids is 1. The number of carbonyl (C=O) groups excluding carboxylic acids is 1. The Labute approximate surface area is 240 Å². The first-order chi connectivity index (χ1) is 16.9. The van der Waals surface area contributed by atoms with Crippen LogP contribution in [0.4, 0.5) is 0 Å². The van der Waals surface area contributed by atoms with Crippen molar-refractivity contribution in [2.24, 2.45) is 17.8 Å². The molecule has 3 unspecified atom stereocenters. The molecule has 7 heteroatoms. The molecule has 0 bridgehead atoms. The predicted octanol–water partition coefficient (Wildman–Crippen LogP) is 2.28. The summed E-state index contributed by atoms with van der Waals surface area (Å²) in [5.74, 6) is -3.15. The Bertz CT molecular complexity index is 1160. The van der Waals surface area contributed by atoms with Crippen LogP contribution in [0.15, 0.2) is 78.9 Å². The Kier molecular flexibility index (Phi) is 10.2. The van der Waals surface area contributed by atoms with E-state index in [1.807, 2.05) is 49.4 Å². The van der Waals surface area contributed by atoms with E-state index in [1.54, 1.807) is 0 Å². The molecule has 5 nitrogen and oxygen atoms in total. The number of aliphatic hydroxyl groups excluding tert-OH is 1. The minimum atomic E-state index is -1.03. The fourth-order valence-corrected chi connectivity index (χ4v) is 5.15.